The van der Waals surface area contributed by atoms with E-state index in [2.05, 4.69) is 67.6 Å². The zero-order valence-corrected chi connectivity index (χ0v) is 19.3. The molecule has 0 amide bonds. The summed E-state index contributed by atoms with van der Waals surface area (Å²) in [5.41, 5.74) is 1.49. The monoisotopic (exact) mass is 508 g/mol. The minimum absolute atomic E-state index is 1.14. The van der Waals surface area contributed by atoms with Gasteiger partial charge in [-0.2, -0.15) is 0 Å². The summed E-state index contributed by atoms with van der Waals surface area (Å²) in [4.78, 5) is 0. The van der Waals surface area contributed by atoms with Crippen molar-refractivity contribution in [2.75, 3.05) is 0 Å². The van der Waals surface area contributed by atoms with Crippen molar-refractivity contribution in [1.82, 2.24) is 0 Å². The van der Waals surface area contributed by atoms with Gasteiger partial charge in [-0.25, -0.2) is 0 Å². The summed E-state index contributed by atoms with van der Waals surface area (Å²) in [7, 11) is 0. The van der Waals surface area contributed by atoms with Crippen molar-refractivity contribution in [3.63, 3.8) is 0 Å². The van der Waals surface area contributed by atoms with Crippen LogP contribution in [0.1, 0.15) is 64.9 Å². The molecule has 1 rings (SSSR count). The van der Waals surface area contributed by atoms with Crippen LogP contribution in [0.2, 0.25) is 13.3 Å². The molecule has 0 nitrogen and oxygen atoms in total. The molecule has 21 heavy (non-hydrogen) atoms. The summed E-state index contributed by atoms with van der Waals surface area (Å²) in [5.74, 6) is 0. The van der Waals surface area contributed by atoms with Gasteiger partial charge in [-0.15, -0.1) is 0 Å². The third-order valence-corrected chi connectivity index (χ3v) is 21.3. The van der Waals surface area contributed by atoms with E-state index in [9.17, 15) is 0 Å². The van der Waals surface area contributed by atoms with Crippen LogP contribution >= 0.6 is 22.6 Å². The number of unbranched alkanes of at least 4 members (excludes halogenated alkanes) is 3. The van der Waals surface area contributed by atoms with Crippen LogP contribution in [-0.2, 0) is 4.43 Å². The van der Waals surface area contributed by atoms with Gasteiger partial charge in [0.2, 0.25) is 0 Å². The summed E-state index contributed by atoms with van der Waals surface area (Å²) in [6.07, 6.45) is 8.46. The fourth-order valence-electron chi connectivity index (χ4n) is 3.30. The molecule has 1 aromatic carbocycles. The Morgan fingerprint density at radius 3 is 1.52 bits per heavy atom. The van der Waals surface area contributed by atoms with E-state index < -0.39 is 18.4 Å². The van der Waals surface area contributed by atoms with Gasteiger partial charge >= 0.3 is 151 Å². The van der Waals surface area contributed by atoms with Gasteiger partial charge in [-0.3, -0.25) is 0 Å². The number of halogens is 1. The molecule has 0 saturated heterocycles. The van der Waals surface area contributed by atoms with Crippen molar-refractivity contribution in [1.29, 1.82) is 0 Å². The van der Waals surface area contributed by atoms with Gasteiger partial charge in [0, 0.05) is 0 Å². The first kappa shape index (κ1) is 19.8. The van der Waals surface area contributed by atoms with Crippen molar-refractivity contribution in [2.45, 2.75) is 77.0 Å². The van der Waals surface area contributed by atoms with E-state index in [1.54, 1.807) is 13.3 Å². The second kappa shape index (κ2) is 11.3. The standard InChI is InChI=1S/C7H6I.3C4H9.Sn/c8-6-7-4-2-1-3-5-7;3*1-3-4-2;/h2-5H,6H2;3*1,3-4H2,2H3;. The van der Waals surface area contributed by atoms with Crippen LogP contribution < -0.4 is 3.58 Å². The first-order valence-electron chi connectivity index (χ1n) is 8.87. The molecule has 0 saturated carbocycles. The summed E-state index contributed by atoms with van der Waals surface area (Å²) in [5, 5.41) is 0. The number of alkyl halides is 1. The minimum atomic E-state index is -2.15. The Hall–Kier alpha value is 0.749. The van der Waals surface area contributed by atoms with Gasteiger partial charge in [0.1, 0.15) is 0 Å². The van der Waals surface area contributed by atoms with Crippen LogP contribution in [0.5, 0.6) is 0 Å². The molecular weight excluding hydrogens is 474 g/mol. The van der Waals surface area contributed by atoms with E-state index in [-0.39, 0.29) is 0 Å². The van der Waals surface area contributed by atoms with E-state index in [4.69, 9.17) is 0 Å². The molecule has 0 atom stereocenters. The fraction of sp³-hybridized carbons (Fsp3) is 0.684. The number of hydrogen-bond donors (Lipinski definition) is 0. The van der Waals surface area contributed by atoms with Crippen molar-refractivity contribution < 1.29 is 0 Å². The van der Waals surface area contributed by atoms with E-state index in [0.717, 1.165) is 4.43 Å². The summed E-state index contributed by atoms with van der Waals surface area (Å²) < 4.78 is 7.69. The number of benzene rings is 1. The third kappa shape index (κ3) is 6.40. The summed E-state index contributed by atoms with van der Waals surface area (Å²) in [6.45, 7) is 7.07. The molecule has 120 valence electrons. The van der Waals surface area contributed by atoms with Gasteiger partial charge < -0.3 is 0 Å². The Labute approximate surface area is 150 Å². The number of hydrogen-bond acceptors (Lipinski definition) is 0. The molecule has 0 bridgehead atoms. The fourth-order valence-corrected chi connectivity index (χ4v) is 19.7. The maximum atomic E-state index is 2.52. The molecule has 0 heterocycles. The topological polar surface area (TPSA) is 0 Å². The molecule has 0 N–H and O–H groups in total. The molecule has 0 aliphatic heterocycles. The maximum absolute atomic E-state index is 2.52. The van der Waals surface area contributed by atoms with Crippen LogP contribution in [0, 0.1) is 0 Å². The Kier molecular flexibility index (Phi) is 10.7. The van der Waals surface area contributed by atoms with Crippen LogP contribution in [0.25, 0.3) is 0 Å². The Morgan fingerprint density at radius 2 is 1.19 bits per heavy atom. The molecule has 0 unspecified atom stereocenters. The van der Waals surface area contributed by atoms with Gasteiger partial charge in [-0.05, 0) is 0 Å². The zero-order chi connectivity index (χ0) is 15.6. The van der Waals surface area contributed by atoms with Gasteiger partial charge in [-0.1, -0.05) is 0 Å². The molecule has 1 aromatic rings. The van der Waals surface area contributed by atoms with Crippen LogP contribution in [0.3, 0.4) is 0 Å². The molecule has 0 aliphatic carbocycles. The van der Waals surface area contributed by atoms with Gasteiger partial charge in [0.25, 0.3) is 0 Å². The Balaban J connectivity index is 3.02. The SMILES string of the molecule is CCC[CH2][Sn]([CH2]CCC)([CH2]CCC)[c]1ccc(CI)cc1. The second-order valence-corrected chi connectivity index (χ2v) is 20.4. The molecule has 0 radical (unpaired) electrons. The molecule has 0 aromatic heterocycles. The Morgan fingerprint density at radius 1 is 0.762 bits per heavy atom. The van der Waals surface area contributed by atoms with Crippen molar-refractivity contribution in [3.8, 4) is 0 Å². The van der Waals surface area contributed by atoms with E-state index in [1.165, 1.54) is 44.1 Å². The predicted octanol–water partition coefficient (Wildman–Crippen LogP) is 6.68. The number of rotatable bonds is 11. The summed E-state index contributed by atoms with van der Waals surface area (Å²) in [6, 6.07) is 9.84. The van der Waals surface area contributed by atoms with Crippen LogP contribution in [0.15, 0.2) is 24.3 Å². The average molecular weight is 507 g/mol. The van der Waals surface area contributed by atoms with Gasteiger partial charge in [0.15, 0.2) is 0 Å². The molecular formula is C19H33ISn. The van der Waals surface area contributed by atoms with Gasteiger partial charge in [0.05, 0.1) is 0 Å². The normalized spacial score (nSPS) is 11.8. The first-order chi connectivity index (χ1) is 10.2. The molecule has 2 heteroatoms. The van der Waals surface area contributed by atoms with E-state index in [1.807, 2.05) is 3.58 Å². The zero-order valence-electron chi connectivity index (χ0n) is 14.3. The van der Waals surface area contributed by atoms with E-state index in [0.29, 0.717) is 0 Å². The Bertz CT molecular complexity index is 350. The van der Waals surface area contributed by atoms with Crippen molar-refractivity contribution in [2.24, 2.45) is 0 Å². The van der Waals surface area contributed by atoms with Crippen molar-refractivity contribution in [3.05, 3.63) is 29.8 Å². The summed E-state index contributed by atoms with van der Waals surface area (Å²) >= 11 is 0.323. The second-order valence-electron chi connectivity index (χ2n) is 6.42. The average Bonchev–Trinajstić information content (AvgIpc) is 2.55. The van der Waals surface area contributed by atoms with Crippen LogP contribution in [-0.4, -0.2) is 18.4 Å². The predicted molar refractivity (Wildman–Crippen MR) is 109 cm³/mol. The molecule has 0 aliphatic rings. The third-order valence-electron chi connectivity index (χ3n) is 4.75. The molecule has 0 spiro atoms. The van der Waals surface area contributed by atoms with Crippen molar-refractivity contribution >= 4 is 44.5 Å². The first-order valence-corrected chi connectivity index (χ1v) is 17.9. The molecule has 0 fully saturated rings. The van der Waals surface area contributed by atoms with E-state index >= 15 is 0 Å². The van der Waals surface area contributed by atoms with Crippen LogP contribution in [0.4, 0.5) is 0 Å². The quantitative estimate of drug-likeness (QED) is 0.178.